The quantitative estimate of drug-likeness (QED) is 0.786. The van der Waals surface area contributed by atoms with E-state index >= 15 is 0 Å². The highest BCUT2D eigenvalue weighted by Gasteiger charge is 2.14. The van der Waals surface area contributed by atoms with Gasteiger partial charge in [0.1, 0.15) is 0 Å². The van der Waals surface area contributed by atoms with Crippen LogP contribution in [0.5, 0.6) is 0 Å². The zero-order chi connectivity index (χ0) is 11.0. The van der Waals surface area contributed by atoms with E-state index in [9.17, 15) is 4.79 Å². The van der Waals surface area contributed by atoms with Gasteiger partial charge in [0.15, 0.2) is 5.58 Å². The maximum Gasteiger partial charge on any atom is 0.265 e. The third-order valence-electron chi connectivity index (χ3n) is 2.03. The molecule has 0 amide bonds. The average Bonchev–Trinajstić information content (AvgIpc) is 2.61. The van der Waals surface area contributed by atoms with Gasteiger partial charge < -0.3 is 4.42 Å². The lowest BCUT2D eigenvalue weighted by atomic mass is 10.3. The standard InChI is InChI=1S/C10H9BrN2O2/c1-3-6-4-7(11)8-9(12-6)13-10(15-8)5(2)14/h4H,3H2,1-2H3. The van der Waals surface area contributed by atoms with Gasteiger partial charge in [-0.1, -0.05) is 6.92 Å². The van der Waals surface area contributed by atoms with Crippen LogP contribution >= 0.6 is 15.9 Å². The van der Waals surface area contributed by atoms with Gasteiger partial charge in [-0.25, -0.2) is 4.98 Å². The van der Waals surface area contributed by atoms with E-state index in [1.54, 1.807) is 0 Å². The molecule has 0 atom stereocenters. The van der Waals surface area contributed by atoms with Crippen LogP contribution < -0.4 is 0 Å². The van der Waals surface area contributed by atoms with Gasteiger partial charge in [0, 0.05) is 12.6 Å². The average molecular weight is 269 g/mol. The molecule has 0 radical (unpaired) electrons. The highest BCUT2D eigenvalue weighted by Crippen LogP contribution is 2.24. The number of hydrogen-bond acceptors (Lipinski definition) is 4. The topological polar surface area (TPSA) is 56.0 Å². The van der Waals surface area contributed by atoms with Gasteiger partial charge in [-0.3, -0.25) is 4.79 Å². The van der Waals surface area contributed by atoms with Crippen molar-refractivity contribution < 1.29 is 9.21 Å². The molecule has 0 unspecified atom stereocenters. The molecule has 2 rings (SSSR count). The SMILES string of the molecule is CCc1cc(Br)c2oc(C(C)=O)nc2n1. The van der Waals surface area contributed by atoms with Gasteiger partial charge >= 0.3 is 0 Å². The largest absolute Gasteiger partial charge is 0.431 e. The summed E-state index contributed by atoms with van der Waals surface area (Å²) in [6.07, 6.45) is 0.816. The Morgan fingerprint density at radius 1 is 1.53 bits per heavy atom. The second kappa shape index (κ2) is 3.73. The molecular weight excluding hydrogens is 260 g/mol. The summed E-state index contributed by atoms with van der Waals surface area (Å²) in [5.74, 6) is -0.0931. The van der Waals surface area contributed by atoms with Crippen molar-refractivity contribution in [2.75, 3.05) is 0 Å². The van der Waals surface area contributed by atoms with Crippen molar-refractivity contribution in [1.29, 1.82) is 0 Å². The number of fused-ring (bicyclic) bond motifs is 1. The van der Waals surface area contributed by atoms with E-state index in [-0.39, 0.29) is 11.7 Å². The third kappa shape index (κ3) is 1.79. The second-order valence-corrected chi connectivity index (χ2v) is 4.03. The molecule has 0 aliphatic heterocycles. The fourth-order valence-corrected chi connectivity index (χ4v) is 1.78. The first-order chi connectivity index (χ1) is 7.11. The van der Waals surface area contributed by atoms with Gasteiger partial charge in [-0.2, -0.15) is 4.98 Å². The number of aryl methyl sites for hydroxylation is 1. The Balaban J connectivity index is 2.69. The van der Waals surface area contributed by atoms with Crippen molar-refractivity contribution in [2.45, 2.75) is 20.3 Å². The predicted molar refractivity (Wildman–Crippen MR) is 58.9 cm³/mol. The first-order valence-electron chi connectivity index (χ1n) is 4.58. The van der Waals surface area contributed by atoms with Crippen LogP contribution in [0, 0.1) is 0 Å². The van der Waals surface area contributed by atoms with E-state index in [1.807, 2.05) is 13.0 Å². The molecule has 0 fully saturated rings. The molecule has 2 aromatic rings. The summed E-state index contributed by atoms with van der Waals surface area (Å²) < 4.78 is 6.07. The fourth-order valence-electron chi connectivity index (χ4n) is 1.26. The first-order valence-corrected chi connectivity index (χ1v) is 5.38. The third-order valence-corrected chi connectivity index (χ3v) is 2.62. The van der Waals surface area contributed by atoms with Gasteiger partial charge in [0.25, 0.3) is 5.89 Å². The zero-order valence-corrected chi connectivity index (χ0v) is 9.96. The minimum absolute atomic E-state index is 0.103. The number of hydrogen-bond donors (Lipinski definition) is 0. The van der Waals surface area contributed by atoms with Crippen molar-refractivity contribution >= 4 is 32.9 Å². The van der Waals surface area contributed by atoms with Crippen LogP contribution in [0.25, 0.3) is 11.2 Å². The molecule has 78 valence electrons. The molecule has 0 saturated carbocycles. The number of ketones is 1. The van der Waals surface area contributed by atoms with Gasteiger partial charge in [0.2, 0.25) is 11.4 Å². The number of oxazole rings is 1. The van der Waals surface area contributed by atoms with Crippen molar-refractivity contribution in [3.63, 3.8) is 0 Å². The molecule has 0 N–H and O–H groups in total. The van der Waals surface area contributed by atoms with Crippen LogP contribution in [-0.2, 0) is 6.42 Å². The summed E-state index contributed by atoms with van der Waals surface area (Å²) in [4.78, 5) is 19.4. The number of aromatic nitrogens is 2. The molecule has 0 spiro atoms. The molecule has 0 saturated heterocycles. The highest BCUT2D eigenvalue weighted by atomic mass is 79.9. The highest BCUT2D eigenvalue weighted by molar-refractivity contribution is 9.10. The van der Waals surface area contributed by atoms with E-state index in [0.717, 1.165) is 16.6 Å². The molecule has 4 nitrogen and oxygen atoms in total. The van der Waals surface area contributed by atoms with E-state index < -0.39 is 0 Å². The van der Waals surface area contributed by atoms with Crippen LogP contribution in [0.4, 0.5) is 0 Å². The number of nitrogens with zero attached hydrogens (tertiary/aromatic N) is 2. The first kappa shape index (κ1) is 10.3. The normalized spacial score (nSPS) is 10.9. The summed E-state index contributed by atoms with van der Waals surface area (Å²) in [6, 6.07) is 1.87. The Morgan fingerprint density at radius 3 is 2.87 bits per heavy atom. The minimum Gasteiger partial charge on any atom is -0.431 e. The van der Waals surface area contributed by atoms with Crippen LogP contribution in [-0.4, -0.2) is 15.8 Å². The number of Topliss-reactive ketones (excluding diaryl/α,β-unsaturated/α-hetero) is 1. The lowest BCUT2D eigenvalue weighted by molar-refractivity contribution is 0.0983. The summed E-state index contributed by atoms with van der Waals surface area (Å²) in [5.41, 5.74) is 1.92. The van der Waals surface area contributed by atoms with Crippen molar-refractivity contribution in [2.24, 2.45) is 0 Å². The molecule has 0 aliphatic carbocycles. The molecule has 0 aromatic carbocycles. The molecule has 15 heavy (non-hydrogen) atoms. The molecular formula is C10H9BrN2O2. The van der Waals surface area contributed by atoms with Crippen LogP contribution in [0.1, 0.15) is 30.2 Å². The number of carbonyl (C=O) groups excluding carboxylic acids is 1. The van der Waals surface area contributed by atoms with E-state index in [1.165, 1.54) is 6.92 Å². The van der Waals surface area contributed by atoms with Crippen LogP contribution in [0.15, 0.2) is 15.0 Å². The number of halogens is 1. The van der Waals surface area contributed by atoms with E-state index in [4.69, 9.17) is 4.42 Å². The zero-order valence-electron chi connectivity index (χ0n) is 8.37. The van der Waals surface area contributed by atoms with Crippen molar-refractivity contribution in [3.05, 3.63) is 22.1 Å². The molecule has 0 bridgehead atoms. The Bertz CT molecular complexity index is 533. The number of pyridine rings is 1. The summed E-state index contributed by atoms with van der Waals surface area (Å²) in [6.45, 7) is 3.42. The predicted octanol–water partition coefficient (Wildman–Crippen LogP) is 2.75. The van der Waals surface area contributed by atoms with Crippen LogP contribution in [0.2, 0.25) is 0 Å². The monoisotopic (exact) mass is 268 g/mol. The molecule has 0 aliphatic rings. The molecule has 2 aromatic heterocycles. The lowest BCUT2D eigenvalue weighted by Gasteiger charge is -1.95. The Hall–Kier alpha value is -1.23. The van der Waals surface area contributed by atoms with Crippen molar-refractivity contribution in [3.8, 4) is 0 Å². The molecule has 5 heteroatoms. The lowest BCUT2D eigenvalue weighted by Crippen LogP contribution is -1.91. The maximum atomic E-state index is 11.1. The maximum absolute atomic E-state index is 11.1. The Labute approximate surface area is 94.8 Å². The Morgan fingerprint density at radius 2 is 2.27 bits per heavy atom. The number of rotatable bonds is 2. The Kier molecular flexibility index (Phi) is 2.56. The second-order valence-electron chi connectivity index (χ2n) is 3.18. The summed E-state index contributed by atoms with van der Waals surface area (Å²) in [5, 5.41) is 0. The smallest absolute Gasteiger partial charge is 0.265 e. The summed E-state index contributed by atoms with van der Waals surface area (Å²) >= 11 is 3.37. The van der Waals surface area contributed by atoms with Gasteiger partial charge in [-0.05, 0) is 28.4 Å². The van der Waals surface area contributed by atoms with Crippen molar-refractivity contribution in [1.82, 2.24) is 9.97 Å². The molecule has 2 heterocycles. The summed E-state index contributed by atoms with van der Waals surface area (Å²) in [7, 11) is 0. The number of carbonyl (C=O) groups is 1. The van der Waals surface area contributed by atoms with E-state index in [0.29, 0.717) is 11.2 Å². The van der Waals surface area contributed by atoms with Gasteiger partial charge in [-0.15, -0.1) is 0 Å². The minimum atomic E-state index is -0.196. The van der Waals surface area contributed by atoms with E-state index in [2.05, 4.69) is 25.9 Å². The fraction of sp³-hybridized carbons (Fsp3) is 0.300. The van der Waals surface area contributed by atoms with Gasteiger partial charge in [0.05, 0.1) is 4.47 Å². The van der Waals surface area contributed by atoms with Crippen LogP contribution in [0.3, 0.4) is 0 Å².